The predicted octanol–water partition coefficient (Wildman–Crippen LogP) is 3.90. The Hall–Kier alpha value is -2.73. The summed E-state index contributed by atoms with van der Waals surface area (Å²) < 4.78 is 11.8. The van der Waals surface area contributed by atoms with Crippen LogP contribution in [0.2, 0.25) is 0 Å². The van der Waals surface area contributed by atoms with Crippen LogP contribution >= 0.6 is 0 Å². The largest absolute Gasteiger partial charge is 0.486 e. The summed E-state index contributed by atoms with van der Waals surface area (Å²) in [5.41, 5.74) is 2.41. The van der Waals surface area contributed by atoms with E-state index in [1.807, 2.05) is 37.3 Å². The first-order chi connectivity index (χ1) is 14.6. The Kier molecular flexibility index (Phi) is 7.97. The molecule has 0 spiro atoms. The maximum atomic E-state index is 12.8. The molecule has 0 bridgehead atoms. The SMILES string of the molecule is CCN(CC)Cc1ccccc1CNC(=O)N(CC)C[C@@H]1COc2ccccc2O1. The minimum atomic E-state index is -0.180. The molecular formula is C24H33N3O3. The highest BCUT2D eigenvalue weighted by Crippen LogP contribution is 2.31. The van der Waals surface area contributed by atoms with E-state index in [9.17, 15) is 4.79 Å². The lowest BCUT2D eigenvalue weighted by atomic mass is 10.1. The average molecular weight is 412 g/mol. The van der Waals surface area contributed by atoms with Gasteiger partial charge < -0.3 is 19.7 Å². The summed E-state index contributed by atoms with van der Waals surface area (Å²) in [7, 11) is 0. The summed E-state index contributed by atoms with van der Waals surface area (Å²) in [5, 5.41) is 3.08. The van der Waals surface area contributed by atoms with Gasteiger partial charge in [-0.2, -0.15) is 0 Å². The third-order valence-electron chi connectivity index (χ3n) is 5.50. The Balaban J connectivity index is 1.56. The molecule has 0 aromatic heterocycles. The zero-order valence-corrected chi connectivity index (χ0v) is 18.3. The Morgan fingerprint density at radius 1 is 0.967 bits per heavy atom. The molecule has 1 N–H and O–H groups in total. The fraction of sp³-hybridized carbons (Fsp3) is 0.458. The van der Waals surface area contributed by atoms with E-state index in [2.05, 4.69) is 42.3 Å². The number of fused-ring (bicyclic) bond motifs is 1. The lowest BCUT2D eigenvalue weighted by Gasteiger charge is -2.31. The Labute approximate surface area is 179 Å². The molecule has 1 atom stereocenters. The maximum Gasteiger partial charge on any atom is 0.317 e. The van der Waals surface area contributed by atoms with Crippen molar-refractivity contribution in [3.05, 3.63) is 59.7 Å². The van der Waals surface area contributed by atoms with Crippen molar-refractivity contribution >= 4 is 6.03 Å². The van der Waals surface area contributed by atoms with Crippen molar-refractivity contribution in [3.8, 4) is 11.5 Å². The molecule has 3 rings (SSSR count). The molecule has 0 saturated carbocycles. The van der Waals surface area contributed by atoms with Gasteiger partial charge in [0, 0.05) is 19.6 Å². The number of ether oxygens (including phenoxy) is 2. The number of rotatable bonds is 9. The van der Waals surface area contributed by atoms with Gasteiger partial charge in [0.05, 0.1) is 6.54 Å². The number of hydrogen-bond donors (Lipinski definition) is 1. The van der Waals surface area contributed by atoms with Crippen LogP contribution in [0.5, 0.6) is 11.5 Å². The maximum absolute atomic E-state index is 12.8. The van der Waals surface area contributed by atoms with E-state index in [-0.39, 0.29) is 12.1 Å². The van der Waals surface area contributed by atoms with Gasteiger partial charge in [-0.25, -0.2) is 4.79 Å². The zero-order chi connectivity index (χ0) is 21.3. The first-order valence-corrected chi connectivity index (χ1v) is 10.8. The third-order valence-corrected chi connectivity index (χ3v) is 5.50. The highest BCUT2D eigenvalue weighted by molar-refractivity contribution is 5.74. The van der Waals surface area contributed by atoms with Crippen LogP contribution in [0.4, 0.5) is 4.79 Å². The second-order valence-electron chi connectivity index (χ2n) is 7.43. The topological polar surface area (TPSA) is 54.0 Å². The first kappa shape index (κ1) is 22.0. The number of nitrogens with one attached hydrogen (secondary N) is 1. The third kappa shape index (κ3) is 5.66. The van der Waals surface area contributed by atoms with E-state index in [1.54, 1.807) is 4.90 Å². The number of para-hydroxylation sites is 2. The first-order valence-electron chi connectivity index (χ1n) is 10.8. The number of likely N-dealkylation sites (N-methyl/N-ethyl adjacent to an activating group) is 1. The molecular weight excluding hydrogens is 378 g/mol. The fourth-order valence-corrected chi connectivity index (χ4v) is 3.61. The number of urea groups is 1. The molecule has 0 saturated heterocycles. The summed E-state index contributed by atoms with van der Waals surface area (Å²) in [6, 6.07) is 15.9. The van der Waals surface area contributed by atoms with Gasteiger partial charge >= 0.3 is 6.03 Å². The molecule has 1 aliphatic rings. The Bertz CT molecular complexity index is 823. The molecule has 0 radical (unpaired) electrons. The summed E-state index contributed by atoms with van der Waals surface area (Å²) in [4.78, 5) is 17.0. The molecule has 0 unspecified atom stereocenters. The molecule has 0 aliphatic carbocycles. The monoisotopic (exact) mass is 411 g/mol. The van der Waals surface area contributed by atoms with Crippen molar-refractivity contribution in [1.82, 2.24) is 15.1 Å². The number of carbonyl (C=O) groups is 1. The van der Waals surface area contributed by atoms with Crippen molar-refractivity contribution in [2.45, 2.75) is 40.0 Å². The minimum Gasteiger partial charge on any atom is -0.486 e. The van der Waals surface area contributed by atoms with E-state index in [0.717, 1.165) is 36.7 Å². The van der Waals surface area contributed by atoms with Crippen LogP contribution in [0.3, 0.4) is 0 Å². The minimum absolute atomic E-state index is 0.0856. The second kappa shape index (κ2) is 10.9. The van der Waals surface area contributed by atoms with Crippen LogP contribution < -0.4 is 14.8 Å². The van der Waals surface area contributed by atoms with E-state index in [0.29, 0.717) is 26.2 Å². The van der Waals surface area contributed by atoms with Gasteiger partial charge in [-0.3, -0.25) is 4.90 Å². The van der Waals surface area contributed by atoms with Gasteiger partial charge in [0.1, 0.15) is 6.61 Å². The number of amides is 2. The van der Waals surface area contributed by atoms with Crippen molar-refractivity contribution in [1.29, 1.82) is 0 Å². The summed E-state index contributed by atoms with van der Waals surface area (Å²) in [6.45, 7) is 11.3. The molecule has 162 valence electrons. The molecule has 1 aliphatic heterocycles. The van der Waals surface area contributed by atoms with Crippen molar-refractivity contribution in [3.63, 3.8) is 0 Å². The summed E-state index contributed by atoms with van der Waals surface area (Å²) >= 11 is 0. The van der Waals surface area contributed by atoms with Crippen molar-refractivity contribution in [2.75, 3.05) is 32.8 Å². The molecule has 2 aromatic rings. The standard InChI is InChI=1S/C24H33N3O3/c1-4-26(5-2)16-20-12-8-7-11-19(20)15-25-24(28)27(6-3)17-21-18-29-22-13-9-10-14-23(22)30-21/h7-14,21H,4-6,15-18H2,1-3H3,(H,25,28)/t21-/m1/s1. The highest BCUT2D eigenvalue weighted by atomic mass is 16.6. The lowest BCUT2D eigenvalue weighted by molar-refractivity contribution is 0.0675. The van der Waals surface area contributed by atoms with Crippen LogP contribution in [-0.2, 0) is 13.1 Å². The smallest absolute Gasteiger partial charge is 0.317 e. The van der Waals surface area contributed by atoms with Crippen LogP contribution in [0.25, 0.3) is 0 Å². The number of benzene rings is 2. The number of hydrogen-bond acceptors (Lipinski definition) is 4. The lowest BCUT2D eigenvalue weighted by Crippen LogP contribution is -2.47. The fourth-order valence-electron chi connectivity index (χ4n) is 3.61. The van der Waals surface area contributed by atoms with Crippen molar-refractivity contribution < 1.29 is 14.3 Å². The van der Waals surface area contributed by atoms with Crippen LogP contribution in [0.15, 0.2) is 48.5 Å². The normalized spacial score (nSPS) is 15.1. The van der Waals surface area contributed by atoms with Gasteiger partial charge in [-0.1, -0.05) is 50.2 Å². The second-order valence-corrected chi connectivity index (χ2v) is 7.43. The predicted molar refractivity (Wildman–Crippen MR) is 119 cm³/mol. The molecule has 2 aromatic carbocycles. The van der Waals surface area contributed by atoms with E-state index >= 15 is 0 Å². The van der Waals surface area contributed by atoms with Crippen molar-refractivity contribution in [2.24, 2.45) is 0 Å². The number of nitrogens with zero attached hydrogens (tertiary/aromatic N) is 2. The molecule has 6 heteroatoms. The van der Waals surface area contributed by atoms with Crippen LogP contribution in [0.1, 0.15) is 31.9 Å². The van der Waals surface area contributed by atoms with Gasteiger partial charge in [0.2, 0.25) is 0 Å². The van der Waals surface area contributed by atoms with Gasteiger partial charge in [-0.05, 0) is 43.3 Å². The summed E-state index contributed by atoms with van der Waals surface area (Å²) in [5.74, 6) is 1.49. The van der Waals surface area contributed by atoms with Gasteiger partial charge in [0.25, 0.3) is 0 Å². The van der Waals surface area contributed by atoms with Gasteiger partial charge in [-0.15, -0.1) is 0 Å². The van der Waals surface area contributed by atoms with Gasteiger partial charge in [0.15, 0.2) is 17.6 Å². The zero-order valence-electron chi connectivity index (χ0n) is 18.3. The molecule has 0 fully saturated rings. The van der Waals surface area contributed by atoms with E-state index in [1.165, 1.54) is 5.56 Å². The van der Waals surface area contributed by atoms with E-state index < -0.39 is 0 Å². The highest BCUT2D eigenvalue weighted by Gasteiger charge is 2.24. The molecule has 30 heavy (non-hydrogen) atoms. The van der Waals surface area contributed by atoms with Crippen LogP contribution in [0, 0.1) is 0 Å². The summed E-state index contributed by atoms with van der Waals surface area (Å²) in [6.07, 6.45) is -0.180. The average Bonchev–Trinajstić information content (AvgIpc) is 2.79. The quantitative estimate of drug-likeness (QED) is 0.680. The Morgan fingerprint density at radius 3 is 2.33 bits per heavy atom. The molecule has 1 heterocycles. The molecule has 6 nitrogen and oxygen atoms in total. The Morgan fingerprint density at radius 2 is 1.63 bits per heavy atom. The number of carbonyl (C=O) groups excluding carboxylic acids is 1. The van der Waals surface area contributed by atoms with Crippen LogP contribution in [-0.4, -0.2) is 54.7 Å². The van der Waals surface area contributed by atoms with E-state index in [4.69, 9.17) is 9.47 Å². The molecule has 2 amide bonds.